The van der Waals surface area contributed by atoms with Crippen LogP contribution in [0.25, 0.3) is 11.3 Å². The van der Waals surface area contributed by atoms with E-state index in [1.54, 1.807) is 64.1 Å². The maximum absolute atomic E-state index is 13.1. The molecule has 1 amide bonds. The molecule has 0 atom stereocenters. The predicted octanol–water partition coefficient (Wildman–Crippen LogP) is 4.89. The summed E-state index contributed by atoms with van der Waals surface area (Å²) in [5.41, 5.74) is 2.08. The van der Waals surface area contributed by atoms with Crippen molar-refractivity contribution in [1.82, 2.24) is 9.46 Å². The molecule has 1 heterocycles. The van der Waals surface area contributed by atoms with Gasteiger partial charge in [-0.2, -0.15) is 4.31 Å². The monoisotopic (exact) mass is 461 g/mol. The van der Waals surface area contributed by atoms with Crippen LogP contribution in [0.5, 0.6) is 0 Å². The van der Waals surface area contributed by atoms with Crippen LogP contribution in [0.15, 0.2) is 51.9 Å². The molecule has 31 heavy (non-hydrogen) atoms. The summed E-state index contributed by atoms with van der Waals surface area (Å²) < 4.78 is 32.6. The molecule has 3 rings (SSSR count). The first-order valence-electron chi connectivity index (χ1n) is 9.84. The van der Waals surface area contributed by atoms with Crippen molar-refractivity contribution in [3.8, 4) is 11.3 Å². The minimum Gasteiger partial charge on any atom is -0.360 e. The van der Waals surface area contributed by atoms with Gasteiger partial charge in [0.05, 0.1) is 9.92 Å². The minimum atomic E-state index is -3.68. The van der Waals surface area contributed by atoms with E-state index < -0.39 is 15.9 Å². The summed E-state index contributed by atoms with van der Waals surface area (Å²) >= 11 is 6.27. The van der Waals surface area contributed by atoms with Crippen molar-refractivity contribution in [2.24, 2.45) is 0 Å². The first-order chi connectivity index (χ1) is 14.7. The second-order valence-corrected chi connectivity index (χ2v) is 9.28. The van der Waals surface area contributed by atoms with Crippen LogP contribution in [0, 0.1) is 13.8 Å². The number of anilines is 1. The molecular formula is C22H24ClN3O4S. The molecule has 0 aliphatic heterocycles. The highest BCUT2D eigenvalue weighted by Gasteiger charge is 2.26. The van der Waals surface area contributed by atoms with Crippen LogP contribution in [0.3, 0.4) is 0 Å². The topological polar surface area (TPSA) is 92.5 Å². The van der Waals surface area contributed by atoms with Gasteiger partial charge in [-0.3, -0.25) is 4.79 Å². The van der Waals surface area contributed by atoms with Crippen LogP contribution in [-0.4, -0.2) is 36.9 Å². The summed E-state index contributed by atoms with van der Waals surface area (Å²) in [7, 11) is -3.68. The number of aryl methyl sites for hydroxylation is 2. The third kappa shape index (κ3) is 4.51. The maximum Gasteiger partial charge on any atom is 0.261 e. The first-order valence-corrected chi connectivity index (χ1v) is 11.7. The molecule has 0 fully saturated rings. The van der Waals surface area contributed by atoms with Gasteiger partial charge >= 0.3 is 0 Å². The van der Waals surface area contributed by atoms with E-state index in [1.807, 2.05) is 0 Å². The van der Waals surface area contributed by atoms with Crippen molar-refractivity contribution >= 4 is 33.2 Å². The summed E-state index contributed by atoms with van der Waals surface area (Å²) in [6.45, 7) is 7.64. The van der Waals surface area contributed by atoms with Crippen molar-refractivity contribution in [3.05, 3.63) is 64.4 Å². The fourth-order valence-corrected chi connectivity index (χ4v) is 5.26. The van der Waals surface area contributed by atoms with Crippen LogP contribution >= 0.6 is 11.6 Å². The quantitative estimate of drug-likeness (QED) is 0.540. The molecule has 0 saturated heterocycles. The molecule has 0 bridgehead atoms. The van der Waals surface area contributed by atoms with E-state index in [-0.39, 0.29) is 10.5 Å². The van der Waals surface area contributed by atoms with Crippen LogP contribution in [-0.2, 0) is 10.0 Å². The van der Waals surface area contributed by atoms with Gasteiger partial charge in [-0.1, -0.05) is 54.9 Å². The first kappa shape index (κ1) is 23.0. The third-order valence-electron chi connectivity index (χ3n) is 4.99. The van der Waals surface area contributed by atoms with Crippen molar-refractivity contribution in [1.29, 1.82) is 0 Å². The fourth-order valence-electron chi connectivity index (χ4n) is 3.33. The Kier molecular flexibility index (Phi) is 6.83. The average molecular weight is 462 g/mol. The number of hydrogen-bond acceptors (Lipinski definition) is 5. The second-order valence-electron chi connectivity index (χ2n) is 6.97. The lowest BCUT2D eigenvalue weighted by molar-refractivity contribution is 0.102. The number of rotatable bonds is 7. The molecule has 1 aromatic heterocycles. The van der Waals surface area contributed by atoms with Crippen LogP contribution in [0.1, 0.15) is 35.5 Å². The molecule has 9 heteroatoms. The Balaban J connectivity index is 1.98. The van der Waals surface area contributed by atoms with E-state index in [0.29, 0.717) is 46.4 Å². The van der Waals surface area contributed by atoms with Crippen molar-refractivity contribution in [2.75, 3.05) is 18.4 Å². The van der Waals surface area contributed by atoms with Gasteiger partial charge in [0.25, 0.3) is 5.91 Å². The number of benzene rings is 2. The van der Waals surface area contributed by atoms with Gasteiger partial charge in [-0.15, -0.1) is 0 Å². The number of nitrogens with one attached hydrogen (secondary N) is 1. The second kappa shape index (κ2) is 9.21. The average Bonchev–Trinajstić information content (AvgIpc) is 3.11. The molecule has 0 aliphatic carbocycles. The van der Waals surface area contributed by atoms with Gasteiger partial charge in [0.15, 0.2) is 0 Å². The van der Waals surface area contributed by atoms with Crippen LogP contribution in [0.2, 0.25) is 5.02 Å². The lowest BCUT2D eigenvalue weighted by Gasteiger charge is -2.20. The Labute approximate surface area is 187 Å². The van der Waals surface area contributed by atoms with E-state index in [2.05, 4.69) is 10.5 Å². The normalized spacial score (nSPS) is 11.7. The fraction of sp³-hybridized carbons (Fsp3) is 0.273. The Morgan fingerprint density at radius 2 is 1.81 bits per heavy atom. The Morgan fingerprint density at radius 3 is 2.45 bits per heavy atom. The van der Waals surface area contributed by atoms with Crippen molar-refractivity contribution < 1.29 is 17.7 Å². The van der Waals surface area contributed by atoms with Gasteiger partial charge in [-0.05, 0) is 37.6 Å². The highest BCUT2D eigenvalue weighted by molar-refractivity contribution is 7.89. The zero-order valence-corrected chi connectivity index (χ0v) is 19.3. The lowest BCUT2D eigenvalue weighted by atomic mass is 10.1. The van der Waals surface area contributed by atoms with E-state index in [1.165, 1.54) is 10.4 Å². The molecule has 164 valence electrons. The summed E-state index contributed by atoms with van der Waals surface area (Å²) in [5.74, 6) is -0.140. The molecule has 7 nitrogen and oxygen atoms in total. The van der Waals surface area contributed by atoms with Gasteiger partial charge in [0, 0.05) is 24.3 Å². The number of amides is 1. The highest BCUT2D eigenvalue weighted by atomic mass is 35.5. The SMILES string of the molecule is CCN(CC)S(=O)(=O)c1cc(NC(=O)c2c(-c3ccccc3Cl)noc2C)ccc1C. The molecule has 0 aliphatic rings. The Hall–Kier alpha value is -2.68. The van der Waals surface area contributed by atoms with Gasteiger partial charge in [-0.25, -0.2) is 8.42 Å². The zero-order valence-electron chi connectivity index (χ0n) is 17.8. The molecule has 2 aromatic carbocycles. The third-order valence-corrected chi connectivity index (χ3v) is 7.51. The molecule has 3 aromatic rings. The molecule has 0 unspecified atom stereocenters. The van der Waals surface area contributed by atoms with E-state index in [4.69, 9.17) is 16.1 Å². The summed E-state index contributed by atoms with van der Waals surface area (Å²) in [6, 6.07) is 11.8. The number of hydrogen-bond donors (Lipinski definition) is 1. The summed E-state index contributed by atoms with van der Waals surface area (Å²) in [6.07, 6.45) is 0. The molecule has 0 saturated carbocycles. The largest absolute Gasteiger partial charge is 0.360 e. The molecule has 0 radical (unpaired) electrons. The molecular weight excluding hydrogens is 438 g/mol. The highest BCUT2D eigenvalue weighted by Crippen LogP contribution is 2.32. The summed E-state index contributed by atoms with van der Waals surface area (Å²) in [5, 5.41) is 7.21. The maximum atomic E-state index is 13.1. The van der Waals surface area contributed by atoms with E-state index in [0.717, 1.165) is 0 Å². The zero-order chi connectivity index (χ0) is 22.8. The van der Waals surface area contributed by atoms with Gasteiger partial charge in [0.2, 0.25) is 10.0 Å². The Morgan fingerprint density at radius 1 is 1.13 bits per heavy atom. The van der Waals surface area contributed by atoms with E-state index >= 15 is 0 Å². The van der Waals surface area contributed by atoms with Crippen LogP contribution in [0.4, 0.5) is 5.69 Å². The number of halogens is 1. The standard InChI is InChI=1S/C22H24ClN3O4S/c1-5-26(6-2)31(28,29)19-13-16(12-11-14(19)3)24-22(27)20-15(4)30-25-21(20)17-9-7-8-10-18(17)23/h7-13H,5-6H2,1-4H3,(H,24,27). The van der Waals surface area contributed by atoms with Crippen LogP contribution < -0.4 is 5.32 Å². The number of carbonyl (C=O) groups excluding carboxylic acids is 1. The van der Waals surface area contributed by atoms with Crippen molar-refractivity contribution in [3.63, 3.8) is 0 Å². The van der Waals surface area contributed by atoms with E-state index in [9.17, 15) is 13.2 Å². The minimum absolute atomic E-state index is 0.155. The van der Waals surface area contributed by atoms with Gasteiger partial charge in [0.1, 0.15) is 17.0 Å². The predicted molar refractivity (Wildman–Crippen MR) is 121 cm³/mol. The lowest BCUT2D eigenvalue weighted by Crippen LogP contribution is -2.31. The smallest absolute Gasteiger partial charge is 0.261 e. The summed E-state index contributed by atoms with van der Waals surface area (Å²) in [4.78, 5) is 13.2. The molecule has 1 N–H and O–H groups in total. The number of aromatic nitrogens is 1. The number of sulfonamides is 1. The molecule has 0 spiro atoms. The number of carbonyl (C=O) groups is 1. The van der Waals surface area contributed by atoms with Crippen molar-refractivity contribution in [2.45, 2.75) is 32.6 Å². The Bertz CT molecular complexity index is 1220. The number of nitrogens with zero attached hydrogens (tertiary/aromatic N) is 2. The van der Waals surface area contributed by atoms with Gasteiger partial charge < -0.3 is 9.84 Å².